The Balaban J connectivity index is 2.09. The Hall–Kier alpha value is -0.790. The number of halogens is 1. The molecule has 0 bridgehead atoms. The number of ether oxygens (including phenoxy) is 1. The Morgan fingerprint density at radius 3 is 2.79 bits per heavy atom. The van der Waals surface area contributed by atoms with Gasteiger partial charge in [-0.25, -0.2) is 0 Å². The van der Waals surface area contributed by atoms with E-state index >= 15 is 0 Å². The molecular weight excluding hydrogens is 286 g/mol. The highest BCUT2D eigenvalue weighted by molar-refractivity contribution is 7.98. The molecule has 1 N–H and O–H groups in total. The van der Waals surface area contributed by atoms with Crippen LogP contribution in [-0.2, 0) is 4.74 Å². The van der Waals surface area contributed by atoms with E-state index in [0.29, 0.717) is 25.1 Å². The molecule has 2 heterocycles. The first kappa shape index (κ1) is 14.6. The van der Waals surface area contributed by atoms with Crippen molar-refractivity contribution in [2.75, 3.05) is 48.5 Å². The Labute approximate surface area is 122 Å². The highest BCUT2D eigenvalue weighted by atomic mass is 35.5. The molecule has 1 aromatic heterocycles. The van der Waals surface area contributed by atoms with Gasteiger partial charge in [-0.1, -0.05) is 0 Å². The fourth-order valence-electron chi connectivity index (χ4n) is 1.82. The zero-order chi connectivity index (χ0) is 13.7. The molecule has 0 aromatic carbocycles. The third-order valence-electron chi connectivity index (χ3n) is 2.68. The van der Waals surface area contributed by atoms with Gasteiger partial charge in [0, 0.05) is 24.9 Å². The molecular formula is C11H18ClN5OS. The van der Waals surface area contributed by atoms with Gasteiger partial charge in [-0.15, -0.1) is 0 Å². The SMILES string of the molecule is CSCC(C)Nc1nc(Cl)nc(N2CCOCC2)n1. The van der Waals surface area contributed by atoms with Crippen LogP contribution in [0.1, 0.15) is 6.92 Å². The van der Waals surface area contributed by atoms with Crippen LogP contribution in [0.3, 0.4) is 0 Å². The molecule has 1 aliphatic rings. The number of morpholine rings is 1. The summed E-state index contributed by atoms with van der Waals surface area (Å²) in [5.74, 6) is 2.13. The fraction of sp³-hybridized carbons (Fsp3) is 0.727. The van der Waals surface area contributed by atoms with Crippen LogP contribution in [0.2, 0.25) is 5.28 Å². The number of thioether (sulfide) groups is 1. The third-order valence-corrected chi connectivity index (χ3v) is 3.68. The number of nitrogens with one attached hydrogen (secondary N) is 1. The van der Waals surface area contributed by atoms with E-state index in [-0.39, 0.29) is 11.3 Å². The summed E-state index contributed by atoms with van der Waals surface area (Å²) >= 11 is 7.74. The van der Waals surface area contributed by atoms with E-state index in [9.17, 15) is 0 Å². The maximum absolute atomic E-state index is 5.96. The third kappa shape index (κ3) is 4.36. The molecule has 1 fully saturated rings. The van der Waals surface area contributed by atoms with Crippen LogP contribution in [-0.4, -0.2) is 59.3 Å². The van der Waals surface area contributed by atoms with E-state index in [0.717, 1.165) is 18.8 Å². The molecule has 8 heteroatoms. The van der Waals surface area contributed by atoms with Gasteiger partial charge in [-0.3, -0.25) is 0 Å². The highest BCUT2D eigenvalue weighted by Gasteiger charge is 2.16. The number of nitrogens with zero attached hydrogens (tertiary/aromatic N) is 4. The molecule has 1 atom stereocenters. The van der Waals surface area contributed by atoms with Gasteiger partial charge < -0.3 is 15.0 Å². The van der Waals surface area contributed by atoms with Crippen LogP contribution in [0, 0.1) is 0 Å². The standard InChI is InChI=1S/C11H18ClN5OS/c1-8(7-19-2)13-10-14-9(12)15-11(16-10)17-3-5-18-6-4-17/h8H,3-7H2,1-2H3,(H,13,14,15,16). The zero-order valence-electron chi connectivity index (χ0n) is 11.1. The lowest BCUT2D eigenvalue weighted by Crippen LogP contribution is -2.37. The summed E-state index contributed by atoms with van der Waals surface area (Å²) < 4.78 is 5.31. The topological polar surface area (TPSA) is 63.2 Å². The zero-order valence-corrected chi connectivity index (χ0v) is 12.7. The number of aromatic nitrogens is 3. The van der Waals surface area contributed by atoms with Crippen LogP contribution < -0.4 is 10.2 Å². The van der Waals surface area contributed by atoms with E-state index in [1.807, 2.05) is 0 Å². The average molecular weight is 304 g/mol. The van der Waals surface area contributed by atoms with Crippen molar-refractivity contribution < 1.29 is 4.74 Å². The Bertz CT molecular complexity index is 416. The molecule has 0 aliphatic carbocycles. The van der Waals surface area contributed by atoms with Gasteiger partial charge >= 0.3 is 0 Å². The van der Waals surface area contributed by atoms with E-state index in [1.165, 1.54) is 0 Å². The Morgan fingerprint density at radius 1 is 1.37 bits per heavy atom. The normalized spacial score (nSPS) is 17.3. The van der Waals surface area contributed by atoms with Gasteiger partial charge in [0.05, 0.1) is 13.2 Å². The Kier molecular flexibility index (Phi) is 5.47. The van der Waals surface area contributed by atoms with Crippen molar-refractivity contribution in [3.63, 3.8) is 0 Å². The molecule has 0 saturated carbocycles. The van der Waals surface area contributed by atoms with Gasteiger partial charge in [0.1, 0.15) is 0 Å². The van der Waals surface area contributed by atoms with Crippen LogP contribution in [0.25, 0.3) is 0 Å². The van der Waals surface area contributed by atoms with Crippen molar-refractivity contribution in [1.82, 2.24) is 15.0 Å². The minimum atomic E-state index is 0.218. The molecule has 0 amide bonds. The predicted molar refractivity (Wildman–Crippen MR) is 79.3 cm³/mol. The lowest BCUT2D eigenvalue weighted by Gasteiger charge is -2.27. The van der Waals surface area contributed by atoms with E-state index in [1.54, 1.807) is 11.8 Å². The summed E-state index contributed by atoms with van der Waals surface area (Å²) in [6.45, 7) is 5.02. The molecule has 2 rings (SSSR count). The van der Waals surface area contributed by atoms with Crippen LogP contribution >= 0.6 is 23.4 Å². The van der Waals surface area contributed by atoms with Crippen LogP contribution in [0.15, 0.2) is 0 Å². The van der Waals surface area contributed by atoms with Crippen molar-refractivity contribution in [3.8, 4) is 0 Å². The molecule has 1 saturated heterocycles. The van der Waals surface area contributed by atoms with Crippen molar-refractivity contribution >= 4 is 35.3 Å². The lowest BCUT2D eigenvalue weighted by molar-refractivity contribution is 0.122. The maximum Gasteiger partial charge on any atom is 0.231 e. The highest BCUT2D eigenvalue weighted by Crippen LogP contribution is 2.16. The van der Waals surface area contributed by atoms with Gasteiger partial charge in [-0.2, -0.15) is 26.7 Å². The molecule has 6 nitrogen and oxygen atoms in total. The number of hydrogen-bond donors (Lipinski definition) is 1. The minimum Gasteiger partial charge on any atom is -0.378 e. The fourth-order valence-corrected chi connectivity index (χ4v) is 2.56. The van der Waals surface area contributed by atoms with E-state index < -0.39 is 0 Å². The summed E-state index contributed by atoms with van der Waals surface area (Å²) in [5, 5.41) is 3.46. The summed E-state index contributed by atoms with van der Waals surface area (Å²) in [7, 11) is 0. The van der Waals surface area contributed by atoms with Crippen molar-refractivity contribution in [2.45, 2.75) is 13.0 Å². The molecule has 0 radical (unpaired) electrons. The number of hydrogen-bond acceptors (Lipinski definition) is 7. The van der Waals surface area contributed by atoms with Crippen LogP contribution in [0.4, 0.5) is 11.9 Å². The Morgan fingerprint density at radius 2 is 2.11 bits per heavy atom. The smallest absolute Gasteiger partial charge is 0.231 e. The summed E-state index contributed by atoms with van der Waals surface area (Å²) in [6, 6.07) is 0.283. The first-order valence-electron chi connectivity index (χ1n) is 6.19. The van der Waals surface area contributed by atoms with Crippen molar-refractivity contribution in [3.05, 3.63) is 5.28 Å². The van der Waals surface area contributed by atoms with Gasteiger partial charge in [-0.05, 0) is 24.8 Å². The molecule has 0 spiro atoms. The second-order valence-corrected chi connectivity index (χ2v) is 5.58. The lowest BCUT2D eigenvalue weighted by atomic mass is 10.4. The number of anilines is 2. The molecule has 1 aliphatic heterocycles. The summed E-state index contributed by atoms with van der Waals surface area (Å²) in [4.78, 5) is 14.8. The van der Waals surface area contributed by atoms with Gasteiger partial charge in [0.25, 0.3) is 0 Å². The first-order valence-corrected chi connectivity index (χ1v) is 7.96. The minimum absolute atomic E-state index is 0.218. The summed E-state index contributed by atoms with van der Waals surface area (Å²) in [5.41, 5.74) is 0. The monoisotopic (exact) mass is 303 g/mol. The number of rotatable bonds is 5. The molecule has 106 valence electrons. The van der Waals surface area contributed by atoms with Gasteiger partial charge in [0.15, 0.2) is 0 Å². The van der Waals surface area contributed by atoms with E-state index in [4.69, 9.17) is 16.3 Å². The van der Waals surface area contributed by atoms with Crippen molar-refractivity contribution in [1.29, 1.82) is 0 Å². The maximum atomic E-state index is 5.96. The van der Waals surface area contributed by atoms with Gasteiger partial charge in [0.2, 0.25) is 17.2 Å². The second kappa shape index (κ2) is 7.12. The molecule has 1 unspecified atom stereocenters. The predicted octanol–water partition coefficient (Wildman–Crippen LogP) is 1.52. The van der Waals surface area contributed by atoms with Crippen molar-refractivity contribution in [2.24, 2.45) is 0 Å². The first-order chi connectivity index (χ1) is 9.19. The second-order valence-electron chi connectivity index (χ2n) is 4.33. The molecule has 1 aromatic rings. The van der Waals surface area contributed by atoms with E-state index in [2.05, 4.69) is 38.3 Å². The molecule has 19 heavy (non-hydrogen) atoms. The quantitative estimate of drug-likeness (QED) is 0.885. The summed E-state index contributed by atoms with van der Waals surface area (Å²) in [6.07, 6.45) is 2.07. The average Bonchev–Trinajstić information content (AvgIpc) is 2.39. The largest absolute Gasteiger partial charge is 0.378 e. The van der Waals surface area contributed by atoms with Crippen LogP contribution in [0.5, 0.6) is 0 Å².